The molecule has 1 amide bonds. The Bertz CT molecular complexity index is 294. The second-order valence-electron chi connectivity index (χ2n) is 3.88. The maximum absolute atomic E-state index is 11.1. The Labute approximate surface area is 84.6 Å². The van der Waals surface area contributed by atoms with Gasteiger partial charge in [0.15, 0.2) is 0 Å². The lowest BCUT2D eigenvalue weighted by atomic mass is 10.1. The molecule has 0 atom stereocenters. The zero-order valence-electron chi connectivity index (χ0n) is 8.66. The van der Waals surface area contributed by atoms with Gasteiger partial charge in [-0.1, -0.05) is 6.92 Å². The maximum Gasteiger partial charge on any atom is 0.220 e. The van der Waals surface area contributed by atoms with Crippen LogP contribution < -0.4 is 5.32 Å². The number of carbonyl (C=O) groups is 1. The summed E-state index contributed by atoms with van der Waals surface area (Å²) < 4.78 is 31.4. The van der Waals surface area contributed by atoms with E-state index in [1.807, 2.05) is 6.92 Å². The number of hydrogen-bond acceptors (Lipinski definition) is 4. The summed E-state index contributed by atoms with van der Waals surface area (Å²) in [4.78, 5) is 11.1. The van der Waals surface area contributed by atoms with Crippen LogP contribution in [-0.4, -0.2) is 30.2 Å². The topological polar surface area (TPSA) is 86.3 Å². The van der Waals surface area contributed by atoms with E-state index in [1.165, 1.54) is 13.8 Å². The monoisotopic (exact) mass is 222 g/mol. The molecule has 0 aromatic carbocycles. The predicted octanol–water partition coefficient (Wildman–Crippen LogP) is 0.227. The van der Waals surface area contributed by atoms with Crippen molar-refractivity contribution in [2.45, 2.75) is 39.2 Å². The molecule has 0 aromatic rings. The first-order valence-electron chi connectivity index (χ1n) is 4.41. The minimum atomic E-state index is -4.31. The van der Waals surface area contributed by atoms with Gasteiger partial charge in [-0.25, -0.2) is 8.42 Å². The van der Waals surface area contributed by atoms with Crippen LogP contribution in [0.15, 0.2) is 0 Å². The van der Waals surface area contributed by atoms with E-state index in [2.05, 4.69) is 5.32 Å². The molecule has 6 heteroatoms. The molecule has 0 aliphatic carbocycles. The van der Waals surface area contributed by atoms with Crippen LogP contribution >= 0.6 is 0 Å². The van der Waals surface area contributed by atoms with Crippen molar-refractivity contribution in [1.82, 2.24) is 5.32 Å². The van der Waals surface area contributed by atoms with Crippen molar-refractivity contribution in [2.75, 3.05) is 5.75 Å². The third kappa shape index (κ3) is 6.85. The summed E-state index contributed by atoms with van der Waals surface area (Å²) in [6.45, 7) is 4.86. The Balaban J connectivity index is 4.27. The van der Waals surface area contributed by atoms with Crippen LogP contribution in [0, 0.1) is 0 Å². The molecule has 0 radical (unpaired) electrons. The number of hydrogen-bond donors (Lipinski definition) is 1. The van der Waals surface area contributed by atoms with Gasteiger partial charge in [0.1, 0.15) is 0 Å². The van der Waals surface area contributed by atoms with Crippen molar-refractivity contribution in [3.63, 3.8) is 0 Å². The van der Waals surface area contributed by atoms with Crippen LogP contribution in [0.25, 0.3) is 0 Å². The first-order valence-corrected chi connectivity index (χ1v) is 5.98. The normalized spacial score (nSPS) is 12.6. The molecule has 0 aromatic heterocycles. The van der Waals surface area contributed by atoms with Crippen LogP contribution in [-0.2, 0) is 14.9 Å². The van der Waals surface area contributed by atoms with E-state index in [0.29, 0.717) is 12.8 Å². The van der Waals surface area contributed by atoms with Crippen LogP contribution in [0.2, 0.25) is 0 Å². The molecule has 0 rings (SSSR count). The van der Waals surface area contributed by atoms with Crippen molar-refractivity contribution >= 4 is 16.0 Å². The van der Waals surface area contributed by atoms with Gasteiger partial charge in [0, 0.05) is 12.0 Å². The second kappa shape index (κ2) is 4.75. The van der Waals surface area contributed by atoms with Crippen LogP contribution in [0.1, 0.15) is 33.6 Å². The van der Waals surface area contributed by atoms with E-state index in [1.54, 1.807) is 0 Å². The van der Waals surface area contributed by atoms with Gasteiger partial charge in [0.2, 0.25) is 5.91 Å². The highest BCUT2D eigenvalue weighted by Gasteiger charge is 2.22. The zero-order valence-corrected chi connectivity index (χ0v) is 9.48. The first kappa shape index (κ1) is 13.4. The molecule has 0 bridgehead atoms. The fourth-order valence-corrected chi connectivity index (χ4v) is 2.10. The molecule has 0 aliphatic heterocycles. The Morgan fingerprint density at radius 2 is 1.93 bits per heavy atom. The fraction of sp³-hybridized carbons (Fsp3) is 0.875. The average Bonchev–Trinajstić information content (AvgIpc) is 1.78. The summed E-state index contributed by atoms with van der Waals surface area (Å²) in [5.41, 5.74) is -0.993. The van der Waals surface area contributed by atoms with E-state index < -0.39 is 21.4 Å². The Morgan fingerprint density at radius 3 is 2.29 bits per heavy atom. The molecule has 0 spiro atoms. The summed E-state index contributed by atoms with van der Waals surface area (Å²) in [6.07, 6.45) is 1.02. The number of nitrogens with one attached hydrogen (secondary N) is 1. The second-order valence-corrected chi connectivity index (χ2v) is 5.29. The van der Waals surface area contributed by atoms with Gasteiger partial charge < -0.3 is 9.87 Å². The standard InChI is InChI=1S/C8H17NO4S/c1-4-5-7(10)9-8(2,3)6-14(11,12)13/h4-6H2,1-3H3,(H,9,10)(H,11,12,13)/p-1. The van der Waals surface area contributed by atoms with E-state index in [9.17, 15) is 17.8 Å². The summed E-state index contributed by atoms with van der Waals surface area (Å²) in [5, 5.41) is 2.50. The lowest BCUT2D eigenvalue weighted by Crippen LogP contribution is -2.48. The molecule has 5 nitrogen and oxygen atoms in total. The van der Waals surface area contributed by atoms with Gasteiger partial charge in [0.25, 0.3) is 0 Å². The molecule has 84 valence electrons. The third-order valence-corrected chi connectivity index (χ3v) is 2.57. The van der Waals surface area contributed by atoms with Crippen molar-refractivity contribution in [1.29, 1.82) is 0 Å². The molecule has 0 fully saturated rings. The molecule has 0 saturated heterocycles. The van der Waals surface area contributed by atoms with Crippen molar-refractivity contribution in [3.8, 4) is 0 Å². The molecule has 0 heterocycles. The lowest BCUT2D eigenvalue weighted by Gasteiger charge is -2.27. The minimum absolute atomic E-state index is 0.235. The Kier molecular flexibility index (Phi) is 4.54. The van der Waals surface area contributed by atoms with E-state index >= 15 is 0 Å². The largest absolute Gasteiger partial charge is 0.748 e. The van der Waals surface area contributed by atoms with Crippen LogP contribution in [0.4, 0.5) is 0 Å². The summed E-state index contributed by atoms with van der Waals surface area (Å²) in [5.74, 6) is -0.823. The van der Waals surface area contributed by atoms with Crippen molar-refractivity contribution in [3.05, 3.63) is 0 Å². The Hall–Kier alpha value is -0.620. The van der Waals surface area contributed by atoms with Gasteiger partial charge in [-0.05, 0) is 20.3 Å². The summed E-state index contributed by atoms with van der Waals surface area (Å²) >= 11 is 0. The van der Waals surface area contributed by atoms with Crippen LogP contribution in [0.3, 0.4) is 0 Å². The van der Waals surface area contributed by atoms with Gasteiger partial charge in [-0.15, -0.1) is 0 Å². The Morgan fingerprint density at radius 1 is 1.43 bits per heavy atom. The van der Waals surface area contributed by atoms with Crippen molar-refractivity contribution in [2.24, 2.45) is 0 Å². The van der Waals surface area contributed by atoms with E-state index in [4.69, 9.17) is 0 Å². The van der Waals surface area contributed by atoms with Gasteiger partial charge in [-0.2, -0.15) is 0 Å². The molecule has 14 heavy (non-hydrogen) atoms. The SMILES string of the molecule is CCCC(=O)NC(C)(C)CS(=O)(=O)[O-]. The fourth-order valence-electron chi connectivity index (χ4n) is 1.15. The minimum Gasteiger partial charge on any atom is -0.748 e. The predicted molar refractivity (Wildman–Crippen MR) is 51.7 cm³/mol. The number of rotatable bonds is 5. The number of carbonyl (C=O) groups excluding carboxylic acids is 1. The third-order valence-electron chi connectivity index (χ3n) is 1.49. The van der Waals surface area contributed by atoms with E-state index in [-0.39, 0.29) is 5.91 Å². The van der Waals surface area contributed by atoms with Gasteiger partial charge in [-0.3, -0.25) is 4.79 Å². The summed E-state index contributed by atoms with van der Waals surface area (Å²) in [7, 11) is -4.31. The highest BCUT2D eigenvalue weighted by atomic mass is 32.2. The smallest absolute Gasteiger partial charge is 0.220 e. The van der Waals surface area contributed by atoms with E-state index in [0.717, 1.165) is 0 Å². The summed E-state index contributed by atoms with van der Waals surface area (Å²) in [6, 6.07) is 0. The average molecular weight is 222 g/mol. The van der Waals surface area contributed by atoms with Crippen LogP contribution in [0.5, 0.6) is 0 Å². The molecule has 0 aliphatic rings. The zero-order chi connectivity index (χ0) is 11.4. The highest BCUT2D eigenvalue weighted by Crippen LogP contribution is 2.06. The lowest BCUT2D eigenvalue weighted by molar-refractivity contribution is -0.122. The van der Waals surface area contributed by atoms with Crippen molar-refractivity contribution < 1.29 is 17.8 Å². The van der Waals surface area contributed by atoms with Gasteiger partial charge in [0.05, 0.1) is 15.9 Å². The quantitative estimate of drug-likeness (QED) is 0.674. The molecule has 0 saturated carbocycles. The molecular formula is C8H16NO4S-. The van der Waals surface area contributed by atoms with Gasteiger partial charge >= 0.3 is 0 Å². The maximum atomic E-state index is 11.1. The molecular weight excluding hydrogens is 206 g/mol. The molecule has 0 unspecified atom stereocenters. The first-order chi connectivity index (χ1) is 6.16. The number of amides is 1. The molecule has 1 N–H and O–H groups in total. The highest BCUT2D eigenvalue weighted by molar-refractivity contribution is 7.85.